The van der Waals surface area contributed by atoms with Crippen molar-refractivity contribution in [2.24, 2.45) is 0 Å². The normalized spacial score (nSPS) is 15.1. The average Bonchev–Trinajstić information content (AvgIpc) is 3.17. The Labute approximate surface area is 116 Å². The van der Waals surface area contributed by atoms with Crippen LogP contribution in [0.4, 0.5) is 5.82 Å². The number of pyridine rings is 2. The van der Waals surface area contributed by atoms with Gasteiger partial charge in [-0.05, 0) is 37.1 Å². The third-order valence-electron chi connectivity index (χ3n) is 3.75. The highest BCUT2D eigenvalue weighted by molar-refractivity contribution is 5.63. The van der Waals surface area contributed by atoms with Crippen LogP contribution in [0.1, 0.15) is 12.8 Å². The van der Waals surface area contributed by atoms with E-state index < -0.39 is 0 Å². The van der Waals surface area contributed by atoms with Gasteiger partial charge in [-0.15, -0.1) is 10.2 Å². The highest BCUT2D eigenvalue weighted by Gasteiger charge is 2.15. The van der Waals surface area contributed by atoms with E-state index in [-0.39, 0.29) is 0 Å². The molecule has 4 rings (SSSR count). The second kappa shape index (κ2) is 4.59. The third-order valence-corrected chi connectivity index (χ3v) is 3.75. The maximum atomic E-state index is 4.48. The minimum Gasteiger partial charge on any atom is -0.357 e. The van der Waals surface area contributed by atoms with Gasteiger partial charge in [0, 0.05) is 31.0 Å². The summed E-state index contributed by atoms with van der Waals surface area (Å²) in [5.74, 6) is 1.90. The second-order valence-electron chi connectivity index (χ2n) is 5.05. The van der Waals surface area contributed by atoms with Gasteiger partial charge in [0.15, 0.2) is 11.5 Å². The van der Waals surface area contributed by atoms with E-state index in [4.69, 9.17) is 0 Å². The van der Waals surface area contributed by atoms with Crippen LogP contribution < -0.4 is 4.90 Å². The largest absolute Gasteiger partial charge is 0.357 e. The van der Waals surface area contributed by atoms with Gasteiger partial charge in [-0.1, -0.05) is 6.07 Å². The summed E-state index contributed by atoms with van der Waals surface area (Å²) in [5, 5.41) is 8.50. The van der Waals surface area contributed by atoms with E-state index in [9.17, 15) is 0 Å². The molecule has 3 aromatic rings. The summed E-state index contributed by atoms with van der Waals surface area (Å²) < 4.78 is 2.00. The summed E-state index contributed by atoms with van der Waals surface area (Å²) in [7, 11) is 0. The van der Waals surface area contributed by atoms with Crippen LogP contribution in [0.3, 0.4) is 0 Å². The second-order valence-corrected chi connectivity index (χ2v) is 5.05. The molecule has 1 aliphatic rings. The molecule has 0 radical (unpaired) electrons. The van der Waals surface area contributed by atoms with Crippen LogP contribution in [-0.2, 0) is 0 Å². The first-order valence-corrected chi connectivity index (χ1v) is 6.93. The SMILES string of the molecule is c1ccn2c(-c3ccnc(N4CCCC4)c3)nnc2c1. The predicted octanol–water partition coefficient (Wildman–Crippen LogP) is 2.39. The lowest BCUT2D eigenvalue weighted by atomic mass is 10.2. The van der Waals surface area contributed by atoms with Gasteiger partial charge in [0.25, 0.3) is 0 Å². The molecule has 0 aromatic carbocycles. The lowest BCUT2D eigenvalue weighted by Gasteiger charge is -2.16. The van der Waals surface area contributed by atoms with Crippen LogP contribution in [0.25, 0.3) is 17.0 Å². The first-order valence-electron chi connectivity index (χ1n) is 6.93. The Hall–Kier alpha value is -2.43. The maximum absolute atomic E-state index is 4.48. The Morgan fingerprint density at radius 1 is 1.00 bits per heavy atom. The molecule has 0 atom stereocenters. The van der Waals surface area contributed by atoms with E-state index in [1.807, 2.05) is 41.1 Å². The molecule has 100 valence electrons. The van der Waals surface area contributed by atoms with Crippen LogP contribution in [0.2, 0.25) is 0 Å². The smallest absolute Gasteiger partial charge is 0.168 e. The molecule has 0 aliphatic carbocycles. The molecular formula is C15H15N5. The highest BCUT2D eigenvalue weighted by atomic mass is 15.2. The first kappa shape index (κ1) is 11.4. The number of hydrogen-bond acceptors (Lipinski definition) is 4. The summed E-state index contributed by atoms with van der Waals surface area (Å²) in [5.41, 5.74) is 1.92. The van der Waals surface area contributed by atoms with Gasteiger partial charge in [0.05, 0.1) is 0 Å². The van der Waals surface area contributed by atoms with Gasteiger partial charge >= 0.3 is 0 Å². The summed E-state index contributed by atoms with van der Waals surface area (Å²) in [4.78, 5) is 6.81. The number of fused-ring (bicyclic) bond motifs is 1. The summed E-state index contributed by atoms with van der Waals surface area (Å²) in [6.45, 7) is 2.19. The molecular weight excluding hydrogens is 250 g/mol. The van der Waals surface area contributed by atoms with Crippen molar-refractivity contribution in [2.45, 2.75) is 12.8 Å². The fourth-order valence-corrected chi connectivity index (χ4v) is 2.71. The van der Waals surface area contributed by atoms with E-state index >= 15 is 0 Å². The van der Waals surface area contributed by atoms with Gasteiger partial charge in [-0.25, -0.2) is 4.98 Å². The van der Waals surface area contributed by atoms with Crippen LogP contribution in [0, 0.1) is 0 Å². The van der Waals surface area contributed by atoms with Crippen molar-refractivity contribution in [1.82, 2.24) is 19.6 Å². The molecule has 4 heterocycles. The predicted molar refractivity (Wildman–Crippen MR) is 77.7 cm³/mol. The summed E-state index contributed by atoms with van der Waals surface area (Å²) in [6, 6.07) is 10.0. The summed E-state index contributed by atoms with van der Waals surface area (Å²) >= 11 is 0. The van der Waals surface area contributed by atoms with E-state index in [0.717, 1.165) is 35.9 Å². The monoisotopic (exact) mass is 265 g/mol. The van der Waals surface area contributed by atoms with E-state index in [1.165, 1.54) is 12.8 Å². The van der Waals surface area contributed by atoms with Crippen LogP contribution >= 0.6 is 0 Å². The number of rotatable bonds is 2. The van der Waals surface area contributed by atoms with Gasteiger partial charge in [0.1, 0.15) is 5.82 Å². The first-order chi connectivity index (χ1) is 9.92. The number of nitrogens with zero attached hydrogens (tertiary/aromatic N) is 5. The topological polar surface area (TPSA) is 46.3 Å². The molecule has 1 aliphatic heterocycles. The van der Waals surface area contributed by atoms with Crippen molar-refractivity contribution in [3.63, 3.8) is 0 Å². The lowest BCUT2D eigenvalue weighted by Crippen LogP contribution is -2.18. The van der Waals surface area contributed by atoms with Crippen molar-refractivity contribution in [2.75, 3.05) is 18.0 Å². The Kier molecular flexibility index (Phi) is 2.62. The minimum absolute atomic E-state index is 0.863. The van der Waals surface area contributed by atoms with E-state index in [2.05, 4.69) is 26.1 Å². The van der Waals surface area contributed by atoms with Crippen LogP contribution in [-0.4, -0.2) is 32.7 Å². The van der Waals surface area contributed by atoms with Crippen molar-refractivity contribution in [3.05, 3.63) is 42.7 Å². The molecule has 5 nitrogen and oxygen atoms in total. The fraction of sp³-hybridized carbons (Fsp3) is 0.267. The molecule has 0 amide bonds. The zero-order chi connectivity index (χ0) is 13.4. The Morgan fingerprint density at radius 3 is 2.80 bits per heavy atom. The molecule has 3 aromatic heterocycles. The van der Waals surface area contributed by atoms with E-state index in [0.29, 0.717) is 0 Å². The van der Waals surface area contributed by atoms with Crippen molar-refractivity contribution >= 4 is 11.5 Å². The molecule has 20 heavy (non-hydrogen) atoms. The van der Waals surface area contributed by atoms with Crippen molar-refractivity contribution in [1.29, 1.82) is 0 Å². The molecule has 0 N–H and O–H groups in total. The Bertz CT molecular complexity index is 743. The molecule has 0 spiro atoms. The maximum Gasteiger partial charge on any atom is 0.168 e. The Morgan fingerprint density at radius 2 is 1.90 bits per heavy atom. The highest BCUT2D eigenvalue weighted by Crippen LogP contribution is 2.24. The van der Waals surface area contributed by atoms with Gasteiger partial charge < -0.3 is 4.90 Å². The zero-order valence-corrected chi connectivity index (χ0v) is 11.1. The van der Waals surface area contributed by atoms with Crippen molar-refractivity contribution in [3.8, 4) is 11.4 Å². The van der Waals surface area contributed by atoms with Gasteiger partial charge in [-0.2, -0.15) is 0 Å². The van der Waals surface area contributed by atoms with E-state index in [1.54, 1.807) is 0 Å². The number of aromatic nitrogens is 4. The van der Waals surface area contributed by atoms with Gasteiger partial charge in [-0.3, -0.25) is 4.40 Å². The molecule has 5 heteroatoms. The quantitative estimate of drug-likeness (QED) is 0.713. The number of anilines is 1. The van der Waals surface area contributed by atoms with Gasteiger partial charge in [0.2, 0.25) is 0 Å². The molecule has 0 bridgehead atoms. The molecule has 1 saturated heterocycles. The lowest BCUT2D eigenvalue weighted by molar-refractivity contribution is 0.937. The third kappa shape index (κ3) is 1.82. The summed E-state index contributed by atoms with van der Waals surface area (Å²) in [6.07, 6.45) is 6.34. The zero-order valence-electron chi connectivity index (χ0n) is 11.1. The number of hydrogen-bond donors (Lipinski definition) is 0. The Balaban J connectivity index is 1.80. The average molecular weight is 265 g/mol. The van der Waals surface area contributed by atoms with Crippen molar-refractivity contribution < 1.29 is 0 Å². The van der Waals surface area contributed by atoms with Crippen LogP contribution in [0.5, 0.6) is 0 Å². The fourth-order valence-electron chi connectivity index (χ4n) is 2.71. The molecule has 0 unspecified atom stereocenters. The van der Waals surface area contributed by atoms with Crippen LogP contribution in [0.15, 0.2) is 42.7 Å². The molecule has 0 saturated carbocycles. The standard InChI is InChI=1S/C15H15N5/c1-2-10-20-13(5-1)17-18-15(20)12-6-7-16-14(11-12)19-8-3-4-9-19/h1-2,5-7,10-11H,3-4,8-9H2. The minimum atomic E-state index is 0.863. The molecule has 1 fully saturated rings.